The fourth-order valence-corrected chi connectivity index (χ4v) is 3.77. The predicted molar refractivity (Wildman–Crippen MR) is 84.3 cm³/mol. The fourth-order valence-electron chi connectivity index (χ4n) is 3.77. The molecule has 3 unspecified atom stereocenters. The van der Waals surface area contributed by atoms with E-state index in [4.69, 9.17) is 4.74 Å². The number of carbonyl (C=O) groups excluding carboxylic acids is 1. The van der Waals surface area contributed by atoms with Gasteiger partial charge in [0.2, 0.25) is 5.91 Å². The molecule has 0 aromatic heterocycles. The maximum absolute atomic E-state index is 13.7. The van der Waals surface area contributed by atoms with E-state index in [2.05, 4.69) is 0 Å². The Bertz CT molecular complexity index is 596. The number of aliphatic hydroxyl groups excluding tert-OH is 1. The molecule has 3 atom stereocenters. The molecule has 0 aliphatic carbocycles. The van der Waals surface area contributed by atoms with Crippen LogP contribution in [0.25, 0.3) is 0 Å². The predicted octanol–water partition coefficient (Wildman–Crippen LogP) is 2.29. The van der Waals surface area contributed by atoms with Gasteiger partial charge in [-0.05, 0) is 37.3 Å². The van der Waals surface area contributed by atoms with Gasteiger partial charge in [0.1, 0.15) is 11.6 Å². The Hall–Kier alpha value is -1.53. The van der Waals surface area contributed by atoms with Crippen LogP contribution >= 0.6 is 0 Å². The van der Waals surface area contributed by atoms with Gasteiger partial charge < -0.3 is 14.7 Å². The molecule has 132 valence electrons. The molecule has 0 spiro atoms. The average molecular weight is 339 g/mol. The van der Waals surface area contributed by atoms with Crippen molar-refractivity contribution in [3.63, 3.8) is 0 Å². The number of nitrogens with zero attached hydrogens (tertiary/aromatic N) is 1. The van der Waals surface area contributed by atoms with Crippen LogP contribution in [-0.4, -0.2) is 47.8 Å². The van der Waals surface area contributed by atoms with Crippen molar-refractivity contribution in [3.8, 4) is 0 Å². The maximum atomic E-state index is 13.7. The lowest BCUT2D eigenvalue weighted by Gasteiger charge is -2.37. The number of hydrogen-bond donors (Lipinski definition) is 1. The summed E-state index contributed by atoms with van der Waals surface area (Å²) < 4.78 is 32.1. The van der Waals surface area contributed by atoms with Gasteiger partial charge in [0, 0.05) is 37.6 Å². The zero-order valence-corrected chi connectivity index (χ0v) is 13.6. The molecule has 3 rings (SSSR count). The summed E-state index contributed by atoms with van der Waals surface area (Å²) in [4.78, 5) is 14.4. The molecule has 0 bridgehead atoms. The SMILES string of the molecule is O=C(CCc1ccc(F)cc1F)N1CCCC1C1COCCC1O. The van der Waals surface area contributed by atoms with Crippen LogP contribution in [0.3, 0.4) is 0 Å². The molecule has 2 aliphatic rings. The molecule has 2 saturated heterocycles. The van der Waals surface area contributed by atoms with Crippen molar-refractivity contribution in [2.75, 3.05) is 19.8 Å². The standard InChI is InChI=1S/C18H23F2NO3/c19-13-5-3-12(15(20)10-13)4-6-18(23)21-8-1-2-16(21)14-11-24-9-7-17(14)22/h3,5,10,14,16-17,22H,1-2,4,6-9,11H2. The minimum absolute atomic E-state index is 0.00846. The molecule has 1 aromatic rings. The molecule has 2 fully saturated rings. The van der Waals surface area contributed by atoms with E-state index in [1.165, 1.54) is 12.1 Å². The summed E-state index contributed by atoms with van der Waals surface area (Å²) in [7, 11) is 0. The Morgan fingerprint density at radius 1 is 1.33 bits per heavy atom. The second kappa shape index (κ2) is 7.57. The fraction of sp³-hybridized carbons (Fsp3) is 0.611. The highest BCUT2D eigenvalue weighted by molar-refractivity contribution is 5.77. The first-order chi connectivity index (χ1) is 11.6. The van der Waals surface area contributed by atoms with Gasteiger partial charge in [0.15, 0.2) is 0 Å². The van der Waals surface area contributed by atoms with Gasteiger partial charge >= 0.3 is 0 Å². The number of carbonyl (C=O) groups is 1. The van der Waals surface area contributed by atoms with Crippen LogP contribution in [0.2, 0.25) is 0 Å². The Kier molecular flexibility index (Phi) is 5.46. The zero-order valence-electron chi connectivity index (χ0n) is 13.6. The van der Waals surface area contributed by atoms with E-state index in [0.29, 0.717) is 31.7 Å². The highest BCUT2D eigenvalue weighted by Crippen LogP contribution is 2.30. The highest BCUT2D eigenvalue weighted by Gasteiger charge is 2.39. The van der Waals surface area contributed by atoms with Crippen LogP contribution in [0.4, 0.5) is 8.78 Å². The van der Waals surface area contributed by atoms with Gasteiger partial charge in [-0.3, -0.25) is 4.79 Å². The number of hydrogen-bond acceptors (Lipinski definition) is 3. The molecule has 1 aromatic carbocycles. The molecule has 0 radical (unpaired) electrons. The molecule has 0 saturated carbocycles. The third-order valence-electron chi connectivity index (χ3n) is 5.10. The molecular formula is C18H23F2NO3. The molecule has 24 heavy (non-hydrogen) atoms. The summed E-state index contributed by atoms with van der Waals surface area (Å²) >= 11 is 0. The van der Waals surface area contributed by atoms with Gasteiger partial charge in [0.05, 0.1) is 12.7 Å². The minimum Gasteiger partial charge on any atom is -0.393 e. The number of rotatable bonds is 4. The second-order valence-corrected chi connectivity index (χ2v) is 6.63. The van der Waals surface area contributed by atoms with Crippen LogP contribution in [0.5, 0.6) is 0 Å². The molecule has 2 aliphatic heterocycles. The normalized spacial score (nSPS) is 27.5. The zero-order chi connectivity index (χ0) is 17.1. The minimum atomic E-state index is -0.617. The van der Waals surface area contributed by atoms with Crippen molar-refractivity contribution in [2.45, 2.75) is 44.2 Å². The quantitative estimate of drug-likeness (QED) is 0.916. The van der Waals surface area contributed by atoms with E-state index >= 15 is 0 Å². The lowest BCUT2D eigenvalue weighted by atomic mass is 9.89. The van der Waals surface area contributed by atoms with E-state index in [9.17, 15) is 18.7 Å². The number of amides is 1. The number of likely N-dealkylation sites (tertiary alicyclic amines) is 1. The van der Waals surface area contributed by atoms with E-state index in [1.54, 1.807) is 0 Å². The van der Waals surface area contributed by atoms with Gasteiger partial charge in [-0.1, -0.05) is 6.07 Å². The molecular weight excluding hydrogens is 316 g/mol. The van der Waals surface area contributed by atoms with E-state index < -0.39 is 17.7 Å². The Morgan fingerprint density at radius 2 is 2.17 bits per heavy atom. The third kappa shape index (κ3) is 3.75. The third-order valence-corrected chi connectivity index (χ3v) is 5.10. The molecule has 1 amide bonds. The van der Waals surface area contributed by atoms with Crippen molar-refractivity contribution >= 4 is 5.91 Å². The van der Waals surface area contributed by atoms with Crippen molar-refractivity contribution in [1.82, 2.24) is 4.90 Å². The van der Waals surface area contributed by atoms with E-state index in [1.807, 2.05) is 4.90 Å². The highest BCUT2D eigenvalue weighted by atomic mass is 19.1. The summed E-state index contributed by atoms with van der Waals surface area (Å²) in [6.07, 6.45) is 2.36. The first-order valence-corrected chi connectivity index (χ1v) is 8.55. The summed E-state index contributed by atoms with van der Waals surface area (Å²) in [5.74, 6) is -1.32. The lowest BCUT2D eigenvalue weighted by Crippen LogP contribution is -2.48. The topological polar surface area (TPSA) is 49.8 Å². The van der Waals surface area contributed by atoms with Gasteiger partial charge in [-0.15, -0.1) is 0 Å². The monoisotopic (exact) mass is 339 g/mol. The van der Waals surface area contributed by atoms with E-state index in [0.717, 1.165) is 18.9 Å². The Balaban J connectivity index is 1.61. The summed E-state index contributed by atoms with van der Waals surface area (Å²) in [5, 5.41) is 10.2. The maximum Gasteiger partial charge on any atom is 0.223 e. The summed E-state index contributed by atoms with van der Waals surface area (Å²) in [5.41, 5.74) is 0.349. The molecule has 6 heteroatoms. The van der Waals surface area contributed by atoms with E-state index in [-0.39, 0.29) is 30.7 Å². The largest absolute Gasteiger partial charge is 0.393 e. The number of aliphatic hydroxyl groups is 1. The van der Waals surface area contributed by atoms with Crippen LogP contribution in [0.1, 0.15) is 31.2 Å². The Labute approximate surface area is 140 Å². The van der Waals surface area contributed by atoms with Crippen molar-refractivity contribution in [3.05, 3.63) is 35.4 Å². The summed E-state index contributed by atoms with van der Waals surface area (Å²) in [6, 6.07) is 3.43. The number of halogens is 2. The Morgan fingerprint density at radius 3 is 2.92 bits per heavy atom. The van der Waals surface area contributed by atoms with Gasteiger partial charge in [-0.25, -0.2) is 8.78 Å². The first kappa shape index (κ1) is 17.3. The van der Waals surface area contributed by atoms with Crippen LogP contribution < -0.4 is 0 Å². The average Bonchev–Trinajstić information content (AvgIpc) is 3.03. The second-order valence-electron chi connectivity index (χ2n) is 6.63. The van der Waals surface area contributed by atoms with Crippen molar-refractivity contribution in [2.24, 2.45) is 5.92 Å². The van der Waals surface area contributed by atoms with Crippen LogP contribution in [0, 0.1) is 17.6 Å². The smallest absolute Gasteiger partial charge is 0.223 e. The van der Waals surface area contributed by atoms with Gasteiger partial charge in [-0.2, -0.15) is 0 Å². The van der Waals surface area contributed by atoms with Crippen molar-refractivity contribution < 1.29 is 23.4 Å². The molecule has 1 N–H and O–H groups in total. The summed E-state index contributed by atoms with van der Waals surface area (Å²) in [6.45, 7) is 1.70. The molecule has 2 heterocycles. The number of aryl methyl sites for hydroxylation is 1. The first-order valence-electron chi connectivity index (χ1n) is 8.55. The van der Waals surface area contributed by atoms with Crippen LogP contribution in [0.15, 0.2) is 18.2 Å². The number of ether oxygens (including phenoxy) is 1. The molecule has 4 nitrogen and oxygen atoms in total. The van der Waals surface area contributed by atoms with Crippen LogP contribution in [-0.2, 0) is 16.0 Å². The number of benzene rings is 1. The van der Waals surface area contributed by atoms with Crippen molar-refractivity contribution in [1.29, 1.82) is 0 Å². The van der Waals surface area contributed by atoms with Gasteiger partial charge in [0.25, 0.3) is 0 Å². The lowest BCUT2D eigenvalue weighted by molar-refractivity contribution is -0.136.